The number of hydrogen-bond donors (Lipinski definition) is 4. The van der Waals surface area contributed by atoms with Gasteiger partial charge >= 0.3 is 0 Å². The van der Waals surface area contributed by atoms with Crippen molar-refractivity contribution >= 4 is 108 Å². The molecule has 0 saturated carbocycles. The summed E-state index contributed by atoms with van der Waals surface area (Å²) in [6, 6.07) is 46.5. The van der Waals surface area contributed by atoms with Crippen molar-refractivity contribution in [1.29, 1.82) is 0 Å². The molecule has 13 nitrogen and oxygen atoms in total. The number of carbonyl (C=O) groups is 1. The molecule has 18 heteroatoms. The second-order valence-corrected chi connectivity index (χ2v) is 22.1. The Morgan fingerprint density at radius 2 is 0.443 bits per heavy atom. The molecule has 0 atom stereocenters. The molecule has 0 aliphatic heterocycles. The van der Waals surface area contributed by atoms with Crippen LogP contribution in [-0.4, -0.2) is 62.5 Å². The number of thiocarbonyl (C=S) groups is 1. The third-order valence-corrected chi connectivity index (χ3v) is 15.6. The number of Topliss-reactive ketones (excluding diaryl/α,β-unsaturated/α-hetero) is 1. The normalized spacial score (nSPS) is 14.9. The molecule has 0 saturated heterocycles. The van der Waals surface area contributed by atoms with E-state index in [1.807, 2.05) is 30.3 Å². The Labute approximate surface area is 408 Å². The van der Waals surface area contributed by atoms with Gasteiger partial charge < -0.3 is 0 Å². The molecule has 0 spiro atoms. The lowest BCUT2D eigenvalue weighted by atomic mass is 9.86. The van der Waals surface area contributed by atoms with Crippen molar-refractivity contribution in [1.82, 2.24) is 0 Å². The highest BCUT2D eigenvalue weighted by Gasteiger charge is 2.37. The van der Waals surface area contributed by atoms with E-state index in [0.717, 1.165) is 12.1 Å². The molecule has 0 radical (unpaired) electrons. The first kappa shape index (κ1) is 47.9. The number of allylic oxidation sites excluding steroid dienone is 8. The summed E-state index contributed by atoms with van der Waals surface area (Å²) in [5.74, 6) is -0.504. The summed E-state index contributed by atoms with van der Waals surface area (Å²) in [6.45, 7) is 0. The topological polar surface area (TPSA) is 235 Å². The molecule has 0 amide bonds. The van der Waals surface area contributed by atoms with E-state index < -0.39 is 56.0 Å². The van der Waals surface area contributed by atoms with Crippen molar-refractivity contribution < 1.29 is 56.7 Å². The van der Waals surface area contributed by atoms with Gasteiger partial charge in [0.15, 0.2) is 5.78 Å². The Bertz CT molecular complexity index is 3660. The van der Waals surface area contributed by atoms with Crippen molar-refractivity contribution in [2.75, 3.05) is 0 Å². The van der Waals surface area contributed by atoms with Gasteiger partial charge in [-0.2, -0.15) is 33.7 Å². The van der Waals surface area contributed by atoms with Gasteiger partial charge in [0.05, 0.1) is 24.4 Å². The Hall–Kier alpha value is -7.10. The second kappa shape index (κ2) is 18.0. The average Bonchev–Trinajstić information content (AvgIpc) is 3.82. The van der Waals surface area contributed by atoms with Crippen LogP contribution in [0.3, 0.4) is 0 Å². The lowest BCUT2D eigenvalue weighted by Crippen LogP contribution is -2.04. The van der Waals surface area contributed by atoms with E-state index in [2.05, 4.69) is 0 Å². The first-order valence-corrected chi connectivity index (χ1v) is 26.9. The van der Waals surface area contributed by atoms with Crippen LogP contribution in [-0.2, 0) is 45.3 Å². The quantitative estimate of drug-likeness (QED) is 0.0659. The minimum atomic E-state index is -4.62. The van der Waals surface area contributed by atoms with Crippen molar-refractivity contribution in [3.05, 3.63) is 226 Å². The molecule has 2 aliphatic carbocycles. The molecular formula is C52H34O13S5. The molecule has 350 valence electrons. The second-order valence-electron chi connectivity index (χ2n) is 16.0. The maximum atomic E-state index is 15.1. The minimum Gasteiger partial charge on any atom is -0.289 e. The first-order valence-electron chi connectivity index (χ1n) is 20.7. The van der Waals surface area contributed by atoms with Crippen LogP contribution in [0.15, 0.2) is 202 Å². The van der Waals surface area contributed by atoms with E-state index in [0.29, 0.717) is 77.2 Å². The van der Waals surface area contributed by atoms with Crippen molar-refractivity contribution in [3.63, 3.8) is 0 Å². The first-order chi connectivity index (χ1) is 33.1. The fourth-order valence-electron chi connectivity index (χ4n) is 8.65. The molecule has 70 heavy (non-hydrogen) atoms. The van der Waals surface area contributed by atoms with E-state index in [1.54, 1.807) is 54.6 Å². The summed E-state index contributed by atoms with van der Waals surface area (Å²) >= 11 is 6.28. The molecule has 2 aliphatic rings. The zero-order valence-corrected chi connectivity index (χ0v) is 39.9. The summed E-state index contributed by atoms with van der Waals surface area (Å²) in [7, 11) is -18.4. The van der Waals surface area contributed by atoms with Gasteiger partial charge in [0, 0.05) is 33.4 Å². The van der Waals surface area contributed by atoms with E-state index >= 15 is 4.79 Å². The maximum absolute atomic E-state index is 15.1. The zero-order valence-electron chi connectivity index (χ0n) is 35.8. The van der Waals surface area contributed by atoms with Crippen LogP contribution in [0.5, 0.6) is 0 Å². The van der Waals surface area contributed by atoms with Crippen LogP contribution in [0.2, 0.25) is 0 Å². The average molecular weight is 1030 g/mol. The summed E-state index contributed by atoms with van der Waals surface area (Å²) in [4.78, 5) is 13.9. The summed E-state index contributed by atoms with van der Waals surface area (Å²) in [6.07, 6.45) is 0. The summed E-state index contributed by atoms with van der Waals surface area (Å²) in [5.41, 5.74) is 7.25. The molecule has 4 N–H and O–H groups in total. The fourth-order valence-corrected chi connectivity index (χ4v) is 11.0. The highest BCUT2D eigenvalue weighted by Crippen LogP contribution is 2.53. The van der Waals surface area contributed by atoms with Crippen molar-refractivity contribution in [2.45, 2.75) is 19.6 Å². The summed E-state index contributed by atoms with van der Waals surface area (Å²) < 4.78 is 136. The maximum Gasteiger partial charge on any atom is 0.294 e. The van der Waals surface area contributed by atoms with Crippen LogP contribution in [0.4, 0.5) is 0 Å². The summed E-state index contributed by atoms with van der Waals surface area (Å²) in [5, 5.41) is 0. The van der Waals surface area contributed by atoms with E-state index in [9.17, 15) is 51.9 Å². The van der Waals surface area contributed by atoms with Gasteiger partial charge in [-0.1, -0.05) is 146 Å². The molecule has 0 unspecified atom stereocenters. The van der Waals surface area contributed by atoms with E-state index in [4.69, 9.17) is 12.2 Å². The van der Waals surface area contributed by atoms with Crippen LogP contribution in [0.25, 0.3) is 44.6 Å². The van der Waals surface area contributed by atoms with Gasteiger partial charge in [-0.3, -0.25) is 23.0 Å². The molecule has 0 fully saturated rings. The van der Waals surface area contributed by atoms with Gasteiger partial charge in [-0.15, -0.1) is 0 Å². The largest absolute Gasteiger partial charge is 0.294 e. The predicted octanol–water partition coefficient (Wildman–Crippen LogP) is 9.68. The SMILES string of the molecule is O=C1C(c2ccc(S(=O)(=O)O)cc2)=C(c2ccccc2)C(c2ccc(C3=C(c4ccc(S(=O)(=O)O)cc4)C(=S)C(c4ccc(S(=O)(=O)O)cc4)=C3c3ccccc3)cc2)=C1c1ccc(S(=O)(=O)O)cc1. The van der Waals surface area contributed by atoms with E-state index in [-0.39, 0.29) is 26.5 Å². The van der Waals surface area contributed by atoms with Gasteiger partial charge in [-0.05, 0) is 104 Å². The van der Waals surface area contributed by atoms with Crippen LogP contribution in [0.1, 0.15) is 44.5 Å². The molecule has 0 bridgehead atoms. The lowest BCUT2D eigenvalue weighted by Gasteiger charge is -2.17. The van der Waals surface area contributed by atoms with Gasteiger partial charge in [0.2, 0.25) is 0 Å². The van der Waals surface area contributed by atoms with Gasteiger partial charge in [0.25, 0.3) is 40.5 Å². The Morgan fingerprint density at radius 3 is 0.686 bits per heavy atom. The van der Waals surface area contributed by atoms with Crippen LogP contribution in [0, 0.1) is 0 Å². The number of benzene rings is 7. The highest BCUT2D eigenvalue weighted by molar-refractivity contribution is 7.86. The molecule has 9 rings (SSSR count). The Balaban J connectivity index is 1.31. The molecule has 7 aromatic rings. The highest BCUT2D eigenvalue weighted by atomic mass is 32.2. The van der Waals surface area contributed by atoms with Crippen molar-refractivity contribution in [3.8, 4) is 0 Å². The van der Waals surface area contributed by atoms with Gasteiger partial charge in [0.1, 0.15) is 0 Å². The number of hydrogen-bond acceptors (Lipinski definition) is 10. The fraction of sp³-hybridized carbons (Fsp3) is 0. The molecular weight excluding hydrogens is 993 g/mol. The lowest BCUT2D eigenvalue weighted by molar-refractivity contribution is -0.108. The van der Waals surface area contributed by atoms with Crippen LogP contribution < -0.4 is 0 Å². The standard InChI is InChI=1S/C52H34O13S5/c53-51-47(35-15-23-39(24-16-35)67(54,55)56)43(31-7-3-1-4-8-31)44(48(51)36-17-25-40(26-18-36)68(57,58)59)33-11-13-34(14-12-33)46-45(32-9-5-2-6-10-32)49(37-19-27-41(28-20-37)69(60,61)62)52(66)50(46)38-21-29-42(30-22-38)70(63,64)65/h1-30H,(H,54,55,56)(H,57,58,59)(H,60,61,62)(H,63,64,65). The zero-order chi connectivity index (χ0) is 49.9. The predicted molar refractivity (Wildman–Crippen MR) is 269 cm³/mol. The number of rotatable bonds is 12. The minimum absolute atomic E-state index is 0.142. The third kappa shape index (κ3) is 9.11. The number of carbonyl (C=O) groups excluding carboxylic acids is 1. The number of ketones is 1. The van der Waals surface area contributed by atoms with Crippen molar-refractivity contribution in [2.24, 2.45) is 0 Å². The molecule has 0 aromatic heterocycles. The Kier molecular flexibility index (Phi) is 12.3. The monoisotopic (exact) mass is 1030 g/mol. The molecule has 7 aromatic carbocycles. The van der Waals surface area contributed by atoms with E-state index in [1.165, 1.54) is 84.9 Å². The third-order valence-electron chi connectivity index (χ3n) is 11.8. The molecule has 0 heterocycles. The van der Waals surface area contributed by atoms with Gasteiger partial charge in [-0.25, -0.2) is 0 Å². The van der Waals surface area contributed by atoms with Crippen LogP contribution >= 0.6 is 12.2 Å². The Morgan fingerprint density at radius 1 is 0.257 bits per heavy atom. The smallest absolute Gasteiger partial charge is 0.289 e.